The Bertz CT molecular complexity index is 451. The molecule has 1 aromatic rings. The normalized spacial score (nSPS) is 18.9. The molecule has 1 fully saturated rings. The van der Waals surface area contributed by atoms with Crippen molar-refractivity contribution >= 4 is 11.9 Å². The minimum atomic E-state index is 0.0127. The lowest BCUT2D eigenvalue weighted by Crippen LogP contribution is -2.40. The number of rotatable bonds is 6. The molecule has 2 heterocycles. The zero-order valence-electron chi connectivity index (χ0n) is 13.2. The summed E-state index contributed by atoms with van der Waals surface area (Å²) >= 11 is 0. The largest absolute Gasteiger partial charge is 0.461 e. The Morgan fingerprint density at radius 3 is 2.81 bits per heavy atom. The van der Waals surface area contributed by atoms with Crippen molar-refractivity contribution in [3.8, 4) is 6.01 Å². The third-order valence-electron chi connectivity index (χ3n) is 3.58. The first kappa shape index (κ1) is 15.8. The maximum atomic E-state index is 5.60. The topological polar surface area (TPSA) is 89.2 Å². The van der Waals surface area contributed by atoms with E-state index in [9.17, 15) is 0 Å². The number of nitrogens with two attached hydrogens (primary N) is 1. The highest BCUT2D eigenvalue weighted by molar-refractivity contribution is 5.39. The van der Waals surface area contributed by atoms with Gasteiger partial charge in [-0.05, 0) is 39.5 Å². The van der Waals surface area contributed by atoms with Crippen LogP contribution in [-0.4, -0.2) is 33.6 Å². The predicted octanol–water partition coefficient (Wildman–Crippen LogP) is 2.10. The van der Waals surface area contributed by atoms with Crippen molar-refractivity contribution in [2.24, 2.45) is 5.84 Å². The van der Waals surface area contributed by atoms with Crippen molar-refractivity contribution < 1.29 is 4.74 Å². The van der Waals surface area contributed by atoms with Crippen molar-refractivity contribution in [3.63, 3.8) is 0 Å². The van der Waals surface area contributed by atoms with E-state index in [2.05, 4.69) is 32.2 Å². The number of piperidine rings is 1. The van der Waals surface area contributed by atoms with Crippen molar-refractivity contribution in [1.29, 1.82) is 0 Å². The van der Waals surface area contributed by atoms with Gasteiger partial charge in [0.2, 0.25) is 11.9 Å². The van der Waals surface area contributed by atoms with Gasteiger partial charge in [0.25, 0.3) is 0 Å². The second-order valence-electron chi connectivity index (χ2n) is 5.68. The van der Waals surface area contributed by atoms with Gasteiger partial charge in [-0.2, -0.15) is 15.0 Å². The van der Waals surface area contributed by atoms with Gasteiger partial charge in [-0.25, -0.2) is 5.84 Å². The number of ether oxygens (including phenoxy) is 1. The molecule has 1 saturated heterocycles. The third kappa shape index (κ3) is 4.17. The standard InChI is InChI=1S/C14H26N6O/c1-4-7-11-8-5-6-9-20(11)13-16-12(19-15)17-14(18-13)21-10(2)3/h10-11H,4-9,15H2,1-3H3,(H,16,17,18,19). The highest BCUT2D eigenvalue weighted by Gasteiger charge is 2.25. The molecule has 21 heavy (non-hydrogen) atoms. The van der Waals surface area contributed by atoms with Crippen LogP contribution >= 0.6 is 0 Å². The molecule has 3 N–H and O–H groups in total. The molecule has 1 unspecified atom stereocenters. The van der Waals surface area contributed by atoms with Gasteiger partial charge in [0.15, 0.2) is 0 Å². The number of hydrogen-bond donors (Lipinski definition) is 2. The van der Waals surface area contributed by atoms with Gasteiger partial charge in [0, 0.05) is 12.6 Å². The SMILES string of the molecule is CCCC1CCCCN1c1nc(NN)nc(OC(C)C)n1. The Morgan fingerprint density at radius 2 is 2.14 bits per heavy atom. The van der Waals surface area contributed by atoms with Gasteiger partial charge >= 0.3 is 6.01 Å². The summed E-state index contributed by atoms with van der Waals surface area (Å²) in [7, 11) is 0. The van der Waals surface area contributed by atoms with E-state index < -0.39 is 0 Å². The van der Waals surface area contributed by atoms with Crippen molar-refractivity contribution in [2.75, 3.05) is 16.9 Å². The molecule has 1 aliphatic heterocycles. The summed E-state index contributed by atoms with van der Waals surface area (Å²) in [4.78, 5) is 15.3. The molecular formula is C14H26N6O. The van der Waals surface area contributed by atoms with Crippen LogP contribution in [0.5, 0.6) is 6.01 Å². The van der Waals surface area contributed by atoms with Crippen LogP contribution in [0.3, 0.4) is 0 Å². The van der Waals surface area contributed by atoms with Gasteiger partial charge in [0.05, 0.1) is 6.10 Å². The maximum Gasteiger partial charge on any atom is 0.323 e. The molecule has 0 saturated carbocycles. The highest BCUT2D eigenvalue weighted by atomic mass is 16.5. The number of hydrogen-bond acceptors (Lipinski definition) is 7. The zero-order valence-corrected chi connectivity index (χ0v) is 13.2. The van der Waals surface area contributed by atoms with Crippen molar-refractivity contribution in [3.05, 3.63) is 0 Å². The second kappa shape index (κ2) is 7.40. The van der Waals surface area contributed by atoms with Crippen LogP contribution in [0, 0.1) is 0 Å². The Hall–Kier alpha value is -1.63. The van der Waals surface area contributed by atoms with Crippen LogP contribution in [0.15, 0.2) is 0 Å². The summed E-state index contributed by atoms with van der Waals surface area (Å²) in [6.45, 7) is 7.07. The van der Waals surface area contributed by atoms with Crippen LogP contribution in [0.4, 0.5) is 11.9 Å². The molecular weight excluding hydrogens is 268 g/mol. The molecule has 0 spiro atoms. The van der Waals surface area contributed by atoms with E-state index in [4.69, 9.17) is 10.6 Å². The molecule has 2 rings (SSSR count). The average Bonchev–Trinajstić information content (AvgIpc) is 2.47. The molecule has 7 heteroatoms. The van der Waals surface area contributed by atoms with Gasteiger partial charge < -0.3 is 9.64 Å². The summed E-state index contributed by atoms with van der Waals surface area (Å²) < 4.78 is 5.60. The fourth-order valence-corrected chi connectivity index (χ4v) is 2.70. The number of aromatic nitrogens is 3. The van der Waals surface area contributed by atoms with Crippen molar-refractivity contribution in [1.82, 2.24) is 15.0 Å². The molecule has 1 aliphatic rings. The maximum absolute atomic E-state index is 5.60. The summed E-state index contributed by atoms with van der Waals surface area (Å²) in [5.41, 5.74) is 2.50. The summed E-state index contributed by atoms with van der Waals surface area (Å²) in [6.07, 6.45) is 5.94. The smallest absolute Gasteiger partial charge is 0.323 e. The number of anilines is 2. The Balaban J connectivity index is 2.27. The number of nitrogen functional groups attached to an aromatic ring is 1. The lowest BCUT2D eigenvalue weighted by molar-refractivity contribution is 0.221. The van der Waals surface area contributed by atoms with E-state index in [0.29, 0.717) is 23.9 Å². The van der Waals surface area contributed by atoms with E-state index in [1.165, 1.54) is 12.8 Å². The lowest BCUT2D eigenvalue weighted by Gasteiger charge is -2.35. The van der Waals surface area contributed by atoms with Gasteiger partial charge in [-0.3, -0.25) is 5.43 Å². The average molecular weight is 294 g/mol. The molecule has 0 amide bonds. The van der Waals surface area contributed by atoms with E-state index in [-0.39, 0.29) is 6.10 Å². The quantitative estimate of drug-likeness (QED) is 0.613. The van der Waals surface area contributed by atoms with Gasteiger partial charge in [-0.15, -0.1) is 0 Å². The Kier molecular flexibility index (Phi) is 5.55. The van der Waals surface area contributed by atoms with Crippen LogP contribution in [0.2, 0.25) is 0 Å². The number of nitrogens with zero attached hydrogens (tertiary/aromatic N) is 4. The predicted molar refractivity (Wildman–Crippen MR) is 83.3 cm³/mol. The molecule has 0 bridgehead atoms. The van der Waals surface area contributed by atoms with Crippen LogP contribution in [0.1, 0.15) is 52.9 Å². The summed E-state index contributed by atoms with van der Waals surface area (Å²) in [5.74, 6) is 6.47. The van der Waals surface area contributed by atoms with E-state index in [1.54, 1.807) is 0 Å². The lowest BCUT2D eigenvalue weighted by atomic mass is 9.99. The number of nitrogens with one attached hydrogen (secondary N) is 1. The fraction of sp³-hybridized carbons (Fsp3) is 0.786. The molecule has 1 aromatic heterocycles. The summed E-state index contributed by atoms with van der Waals surface area (Å²) in [5, 5.41) is 0. The van der Waals surface area contributed by atoms with Crippen LogP contribution < -0.4 is 20.9 Å². The molecule has 0 aliphatic carbocycles. The van der Waals surface area contributed by atoms with E-state index in [1.807, 2.05) is 13.8 Å². The minimum Gasteiger partial charge on any atom is -0.461 e. The first-order valence-corrected chi connectivity index (χ1v) is 7.80. The first-order chi connectivity index (χ1) is 10.1. The van der Waals surface area contributed by atoms with Gasteiger partial charge in [-0.1, -0.05) is 13.3 Å². The molecule has 1 atom stereocenters. The highest BCUT2D eigenvalue weighted by Crippen LogP contribution is 2.26. The molecule has 0 aromatic carbocycles. The Morgan fingerprint density at radius 1 is 1.33 bits per heavy atom. The third-order valence-corrected chi connectivity index (χ3v) is 3.58. The van der Waals surface area contributed by atoms with Crippen LogP contribution in [0.25, 0.3) is 0 Å². The second-order valence-corrected chi connectivity index (χ2v) is 5.68. The Labute approximate surface area is 126 Å². The molecule has 0 radical (unpaired) electrons. The van der Waals surface area contributed by atoms with E-state index >= 15 is 0 Å². The van der Waals surface area contributed by atoms with Gasteiger partial charge in [0.1, 0.15) is 0 Å². The summed E-state index contributed by atoms with van der Waals surface area (Å²) in [6, 6.07) is 0.812. The zero-order chi connectivity index (χ0) is 15.2. The first-order valence-electron chi connectivity index (χ1n) is 7.80. The van der Waals surface area contributed by atoms with Crippen molar-refractivity contribution in [2.45, 2.75) is 65.0 Å². The van der Waals surface area contributed by atoms with E-state index in [0.717, 1.165) is 25.8 Å². The molecule has 118 valence electrons. The minimum absolute atomic E-state index is 0.0127. The number of hydrazine groups is 1. The fourth-order valence-electron chi connectivity index (χ4n) is 2.70. The molecule has 7 nitrogen and oxygen atoms in total. The monoisotopic (exact) mass is 294 g/mol. The van der Waals surface area contributed by atoms with Crippen LogP contribution in [-0.2, 0) is 0 Å².